The molecule has 0 aromatic carbocycles. The number of nitrogens with zero attached hydrogens (tertiary/aromatic N) is 2. The second-order valence-corrected chi connectivity index (χ2v) is 5.68. The second kappa shape index (κ2) is 3.31. The minimum atomic E-state index is -0.432. The lowest BCUT2D eigenvalue weighted by molar-refractivity contribution is 0.0747. The van der Waals surface area contributed by atoms with Crippen molar-refractivity contribution in [3.63, 3.8) is 0 Å². The summed E-state index contributed by atoms with van der Waals surface area (Å²) in [4.78, 5) is 11.7. The normalized spacial score (nSPS) is 11.7. The van der Waals surface area contributed by atoms with Gasteiger partial charge in [-0.05, 0) is 19.1 Å². The van der Waals surface area contributed by atoms with Crippen molar-refractivity contribution in [2.75, 3.05) is 0 Å². The minimum absolute atomic E-state index is 0.0538. The van der Waals surface area contributed by atoms with E-state index in [-0.39, 0.29) is 5.91 Å². The Morgan fingerprint density at radius 3 is 2.38 bits per heavy atom. The topological polar surface area (TPSA) is 34.9 Å². The molecule has 1 aromatic rings. The van der Waals surface area contributed by atoms with Gasteiger partial charge in [-0.3, -0.25) is 4.79 Å². The Labute approximate surface area is 86.4 Å². The van der Waals surface area contributed by atoms with Crippen LogP contribution in [0.1, 0.15) is 30.6 Å². The van der Waals surface area contributed by atoms with E-state index in [2.05, 4.69) is 5.10 Å². The maximum Gasteiger partial charge on any atom is 0.254 e. The molecule has 0 amide bonds. The van der Waals surface area contributed by atoms with Crippen LogP contribution in [-0.4, -0.2) is 15.7 Å². The molecule has 5 heteroatoms. The largest absolute Gasteiger partial charge is 0.272 e. The molecular formula is C8H12N2OS2. The summed E-state index contributed by atoms with van der Waals surface area (Å²) in [5, 5.41) is 4.88. The first-order chi connectivity index (χ1) is 5.82. The average Bonchev–Trinajstić information content (AvgIpc) is 2.26. The van der Waals surface area contributed by atoms with Crippen LogP contribution in [0.25, 0.3) is 0 Å². The fourth-order valence-corrected chi connectivity index (χ4v) is 1.89. The summed E-state index contributed by atoms with van der Waals surface area (Å²) >= 11 is 6.38. The maximum absolute atomic E-state index is 11.7. The third-order valence-electron chi connectivity index (χ3n) is 1.48. The zero-order chi connectivity index (χ0) is 10.2. The van der Waals surface area contributed by atoms with Crippen molar-refractivity contribution in [2.45, 2.75) is 27.7 Å². The predicted octanol–water partition coefficient (Wildman–Crippen LogP) is 2.67. The number of aryl methyl sites for hydroxylation is 1. The van der Waals surface area contributed by atoms with Gasteiger partial charge in [0.15, 0.2) is 3.95 Å². The van der Waals surface area contributed by atoms with Gasteiger partial charge in [-0.2, -0.15) is 9.78 Å². The molecule has 0 N–H and O–H groups in total. The number of rotatable bonds is 0. The van der Waals surface area contributed by atoms with Crippen LogP contribution < -0.4 is 0 Å². The van der Waals surface area contributed by atoms with Crippen molar-refractivity contribution in [1.82, 2.24) is 9.78 Å². The molecule has 0 saturated carbocycles. The first-order valence-corrected chi connectivity index (χ1v) is 5.16. The third kappa shape index (κ3) is 2.22. The summed E-state index contributed by atoms with van der Waals surface area (Å²) in [5.41, 5.74) is -0.432. The smallest absolute Gasteiger partial charge is 0.254 e. The van der Waals surface area contributed by atoms with E-state index >= 15 is 0 Å². The lowest BCUT2D eigenvalue weighted by Crippen LogP contribution is -2.27. The average molecular weight is 216 g/mol. The third-order valence-corrected chi connectivity index (χ3v) is 2.63. The fraction of sp³-hybridized carbons (Fsp3) is 0.625. The Bertz CT molecular complexity index is 384. The molecule has 0 fully saturated rings. The van der Waals surface area contributed by atoms with Gasteiger partial charge in [0.2, 0.25) is 0 Å². The molecule has 1 rings (SSSR count). The van der Waals surface area contributed by atoms with E-state index < -0.39 is 5.41 Å². The highest BCUT2D eigenvalue weighted by Gasteiger charge is 2.24. The Hall–Kier alpha value is -0.550. The number of hydrogen-bond acceptors (Lipinski definition) is 4. The Morgan fingerprint density at radius 2 is 2.08 bits per heavy atom. The maximum atomic E-state index is 11.7. The standard InChI is InChI=1S/C8H12N2OS2/c1-5-9-10(7(12)13-5)6(11)8(2,3)4/h1-4H3. The molecule has 0 aliphatic carbocycles. The zero-order valence-electron chi connectivity index (χ0n) is 8.12. The van der Waals surface area contributed by atoms with Crippen LogP contribution >= 0.6 is 23.6 Å². The predicted molar refractivity (Wildman–Crippen MR) is 55.8 cm³/mol. The summed E-state index contributed by atoms with van der Waals surface area (Å²) in [6.07, 6.45) is 0. The van der Waals surface area contributed by atoms with Gasteiger partial charge in [0, 0.05) is 5.41 Å². The van der Waals surface area contributed by atoms with Crippen molar-refractivity contribution in [3.8, 4) is 0 Å². The highest BCUT2D eigenvalue weighted by molar-refractivity contribution is 7.73. The molecule has 0 atom stereocenters. The molecule has 0 unspecified atom stereocenters. The molecule has 0 bridgehead atoms. The molecule has 3 nitrogen and oxygen atoms in total. The molecule has 13 heavy (non-hydrogen) atoms. The van der Waals surface area contributed by atoms with Gasteiger partial charge >= 0.3 is 0 Å². The van der Waals surface area contributed by atoms with Gasteiger partial charge in [0.05, 0.1) is 0 Å². The summed E-state index contributed by atoms with van der Waals surface area (Å²) in [6, 6.07) is 0. The van der Waals surface area contributed by atoms with Crippen LogP contribution in [0.5, 0.6) is 0 Å². The van der Waals surface area contributed by atoms with Gasteiger partial charge in [0.25, 0.3) is 5.91 Å². The highest BCUT2D eigenvalue weighted by Crippen LogP contribution is 2.18. The molecule has 0 aliphatic heterocycles. The quantitative estimate of drug-likeness (QED) is 0.625. The van der Waals surface area contributed by atoms with Crippen LogP contribution in [0.3, 0.4) is 0 Å². The number of hydrogen-bond donors (Lipinski definition) is 0. The van der Waals surface area contributed by atoms with E-state index in [0.717, 1.165) is 5.01 Å². The first-order valence-electron chi connectivity index (χ1n) is 3.94. The number of carbonyl (C=O) groups excluding carboxylic acids is 1. The number of aromatic nitrogens is 2. The first kappa shape index (κ1) is 10.5. The van der Waals surface area contributed by atoms with E-state index in [4.69, 9.17) is 12.2 Å². The minimum Gasteiger partial charge on any atom is -0.272 e. The van der Waals surface area contributed by atoms with Gasteiger partial charge in [0.1, 0.15) is 5.01 Å². The lowest BCUT2D eigenvalue weighted by Gasteiger charge is -2.15. The zero-order valence-corrected chi connectivity index (χ0v) is 9.75. The van der Waals surface area contributed by atoms with E-state index in [1.54, 1.807) is 0 Å². The van der Waals surface area contributed by atoms with E-state index in [1.165, 1.54) is 16.0 Å². The lowest BCUT2D eigenvalue weighted by atomic mass is 9.96. The fourth-order valence-electron chi connectivity index (χ4n) is 0.818. The summed E-state index contributed by atoms with van der Waals surface area (Å²) in [6.45, 7) is 7.40. The van der Waals surface area contributed by atoms with E-state index in [9.17, 15) is 4.79 Å². The van der Waals surface area contributed by atoms with Gasteiger partial charge < -0.3 is 0 Å². The van der Waals surface area contributed by atoms with E-state index in [0.29, 0.717) is 3.95 Å². The van der Waals surface area contributed by atoms with Gasteiger partial charge in [-0.25, -0.2) is 0 Å². The second-order valence-electron chi connectivity index (χ2n) is 3.85. The molecule has 0 radical (unpaired) electrons. The summed E-state index contributed by atoms with van der Waals surface area (Å²) in [7, 11) is 0. The molecular weight excluding hydrogens is 204 g/mol. The molecule has 72 valence electrons. The molecule has 1 aromatic heterocycles. The molecule has 0 saturated heterocycles. The summed E-state index contributed by atoms with van der Waals surface area (Å²) in [5.74, 6) is -0.0538. The van der Waals surface area contributed by atoms with Crippen LogP contribution in [-0.2, 0) is 0 Å². The SMILES string of the molecule is Cc1nn(C(=O)C(C)(C)C)c(=S)s1. The summed E-state index contributed by atoms with van der Waals surface area (Å²) < 4.78 is 1.84. The van der Waals surface area contributed by atoms with Crippen LogP contribution in [0.4, 0.5) is 0 Å². The van der Waals surface area contributed by atoms with Crippen molar-refractivity contribution < 1.29 is 4.79 Å². The van der Waals surface area contributed by atoms with E-state index in [1.807, 2.05) is 27.7 Å². The van der Waals surface area contributed by atoms with Crippen molar-refractivity contribution in [3.05, 3.63) is 8.96 Å². The van der Waals surface area contributed by atoms with Crippen LogP contribution in [0.15, 0.2) is 0 Å². The van der Waals surface area contributed by atoms with Crippen molar-refractivity contribution in [1.29, 1.82) is 0 Å². The molecule has 0 spiro atoms. The Morgan fingerprint density at radius 1 is 1.54 bits per heavy atom. The highest BCUT2D eigenvalue weighted by atomic mass is 32.1. The van der Waals surface area contributed by atoms with Gasteiger partial charge in [-0.1, -0.05) is 32.1 Å². The number of carbonyl (C=O) groups is 1. The monoisotopic (exact) mass is 216 g/mol. The Balaban J connectivity index is 3.17. The molecule has 0 aliphatic rings. The molecule has 1 heterocycles. The van der Waals surface area contributed by atoms with Crippen molar-refractivity contribution >= 4 is 29.5 Å². The van der Waals surface area contributed by atoms with Crippen LogP contribution in [0, 0.1) is 16.3 Å². The Kier molecular flexibility index (Phi) is 2.68. The van der Waals surface area contributed by atoms with Crippen molar-refractivity contribution in [2.24, 2.45) is 5.41 Å². The van der Waals surface area contributed by atoms with Gasteiger partial charge in [-0.15, -0.1) is 0 Å². The van der Waals surface area contributed by atoms with Crippen LogP contribution in [0.2, 0.25) is 0 Å².